The molecule has 0 spiro atoms. The second kappa shape index (κ2) is 5.50. The lowest BCUT2D eigenvalue weighted by Gasteiger charge is -2.05. The lowest BCUT2D eigenvalue weighted by Crippen LogP contribution is -2.01. The molecule has 0 unspecified atom stereocenters. The second-order valence-electron chi connectivity index (χ2n) is 3.86. The molecule has 3 heterocycles. The highest BCUT2D eigenvalue weighted by Gasteiger charge is 2.00. The van der Waals surface area contributed by atoms with Crippen LogP contribution in [-0.2, 0) is 6.54 Å². The van der Waals surface area contributed by atoms with E-state index in [0.717, 1.165) is 21.8 Å². The number of thiophene rings is 1. The molecule has 0 bridgehead atoms. The van der Waals surface area contributed by atoms with Gasteiger partial charge in [0.05, 0.1) is 15.7 Å². The first-order chi connectivity index (χ1) is 9.31. The van der Waals surface area contributed by atoms with Crippen LogP contribution < -0.4 is 5.32 Å². The Morgan fingerprint density at radius 2 is 2.32 bits per heavy atom. The van der Waals surface area contributed by atoms with Crippen molar-refractivity contribution in [1.29, 1.82) is 0 Å². The summed E-state index contributed by atoms with van der Waals surface area (Å²) in [5, 5.41) is 9.48. The Hall–Kier alpha value is -1.73. The van der Waals surface area contributed by atoms with Crippen molar-refractivity contribution in [3.8, 4) is 5.82 Å². The predicted molar refractivity (Wildman–Crippen MR) is 78.5 cm³/mol. The van der Waals surface area contributed by atoms with E-state index in [4.69, 9.17) is 0 Å². The Morgan fingerprint density at radius 1 is 1.37 bits per heavy atom. The summed E-state index contributed by atoms with van der Waals surface area (Å²) in [4.78, 5) is 8.22. The number of hydrogen-bond donors (Lipinski definition) is 1. The molecule has 3 rings (SSSR count). The maximum Gasteiger partial charge on any atom is 0.155 e. The van der Waals surface area contributed by atoms with Gasteiger partial charge in [0.25, 0.3) is 0 Å². The van der Waals surface area contributed by atoms with Crippen LogP contribution in [0.4, 0.5) is 5.69 Å². The van der Waals surface area contributed by atoms with Crippen LogP contribution in [0.5, 0.6) is 0 Å². The van der Waals surface area contributed by atoms with E-state index < -0.39 is 0 Å². The topological polar surface area (TPSA) is 55.6 Å². The normalized spacial score (nSPS) is 10.6. The Bertz CT molecular complexity index is 647. The Labute approximate surface area is 122 Å². The monoisotopic (exact) mass is 335 g/mol. The zero-order valence-electron chi connectivity index (χ0n) is 9.82. The quantitative estimate of drug-likeness (QED) is 0.795. The van der Waals surface area contributed by atoms with Crippen LogP contribution in [0.2, 0.25) is 0 Å². The molecule has 0 aliphatic rings. The summed E-state index contributed by atoms with van der Waals surface area (Å²) in [6.07, 6.45) is 4.90. The summed E-state index contributed by atoms with van der Waals surface area (Å²) in [5.74, 6) is 0.751. The molecule has 0 saturated heterocycles. The molecule has 0 fully saturated rings. The summed E-state index contributed by atoms with van der Waals surface area (Å²) in [7, 11) is 0. The Kier molecular flexibility index (Phi) is 3.56. The minimum atomic E-state index is 0.751. The Balaban J connectivity index is 1.66. The van der Waals surface area contributed by atoms with E-state index in [1.165, 1.54) is 11.9 Å². The lowest BCUT2D eigenvalue weighted by molar-refractivity contribution is 0.845. The highest BCUT2D eigenvalue weighted by molar-refractivity contribution is 9.11. The highest BCUT2D eigenvalue weighted by Crippen LogP contribution is 2.21. The minimum absolute atomic E-state index is 0.751. The van der Waals surface area contributed by atoms with Gasteiger partial charge in [0.15, 0.2) is 5.82 Å². The number of nitrogens with zero attached hydrogens (tertiary/aromatic N) is 4. The van der Waals surface area contributed by atoms with Gasteiger partial charge in [-0.3, -0.25) is 0 Å². The predicted octanol–water partition coefficient (Wildman–Crippen LogP) is 3.10. The van der Waals surface area contributed by atoms with Gasteiger partial charge in [-0.25, -0.2) is 14.6 Å². The van der Waals surface area contributed by atoms with E-state index in [2.05, 4.69) is 47.8 Å². The molecule has 3 aromatic heterocycles. The maximum absolute atomic E-state index is 4.33. The third kappa shape index (κ3) is 2.99. The summed E-state index contributed by atoms with van der Waals surface area (Å²) in [5.41, 5.74) is 2.23. The van der Waals surface area contributed by atoms with Crippen LogP contribution >= 0.6 is 27.3 Å². The summed E-state index contributed by atoms with van der Waals surface area (Å²) in [6, 6.07) is 5.99. The zero-order valence-corrected chi connectivity index (χ0v) is 12.2. The van der Waals surface area contributed by atoms with Gasteiger partial charge in [0.1, 0.15) is 12.7 Å². The average Bonchev–Trinajstić information content (AvgIpc) is 3.08. The molecule has 0 aromatic carbocycles. The van der Waals surface area contributed by atoms with Crippen molar-refractivity contribution >= 4 is 33.0 Å². The molecule has 0 amide bonds. The molecule has 3 aromatic rings. The fraction of sp³-hybridized carbons (Fsp3) is 0.0833. The molecule has 0 aliphatic carbocycles. The van der Waals surface area contributed by atoms with E-state index in [1.54, 1.807) is 28.5 Å². The van der Waals surface area contributed by atoms with Crippen molar-refractivity contribution in [1.82, 2.24) is 19.7 Å². The van der Waals surface area contributed by atoms with Crippen molar-refractivity contribution < 1.29 is 0 Å². The largest absolute Gasteiger partial charge is 0.380 e. The van der Waals surface area contributed by atoms with Crippen molar-refractivity contribution in [3.05, 3.63) is 51.8 Å². The minimum Gasteiger partial charge on any atom is -0.380 e. The molecule has 19 heavy (non-hydrogen) atoms. The van der Waals surface area contributed by atoms with Crippen LogP contribution in [0.15, 0.2) is 46.2 Å². The number of halogens is 1. The fourth-order valence-electron chi connectivity index (χ4n) is 1.60. The van der Waals surface area contributed by atoms with E-state index in [-0.39, 0.29) is 0 Å². The number of pyridine rings is 1. The van der Waals surface area contributed by atoms with Crippen LogP contribution in [0.3, 0.4) is 0 Å². The molecule has 96 valence electrons. The number of rotatable bonds is 4. The third-order valence-corrected chi connectivity index (χ3v) is 4.07. The molecule has 5 nitrogen and oxygen atoms in total. The molecule has 0 aliphatic heterocycles. The average molecular weight is 336 g/mol. The number of aromatic nitrogens is 4. The van der Waals surface area contributed by atoms with Gasteiger partial charge in [-0.15, -0.1) is 11.3 Å². The third-order valence-electron chi connectivity index (χ3n) is 2.52. The van der Waals surface area contributed by atoms with Gasteiger partial charge in [-0.1, -0.05) is 0 Å². The van der Waals surface area contributed by atoms with Crippen molar-refractivity contribution in [2.24, 2.45) is 0 Å². The molecule has 7 heteroatoms. The van der Waals surface area contributed by atoms with E-state index in [0.29, 0.717) is 0 Å². The van der Waals surface area contributed by atoms with Gasteiger partial charge in [-0.05, 0) is 45.1 Å². The molecular formula is C12H10BrN5S. The van der Waals surface area contributed by atoms with E-state index >= 15 is 0 Å². The SMILES string of the molecule is Brc1cc(CNc2ccc(-n3cncn3)nc2)cs1. The van der Waals surface area contributed by atoms with Gasteiger partial charge in [0, 0.05) is 6.54 Å². The standard InChI is InChI=1S/C12H10BrN5S/c13-11-3-9(6-19-11)4-15-10-1-2-12(16-5-10)18-8-14-7-17-18/h1-3,5-8,15H,4H2. The Morgan fingerprint density at radius 3 is 2.95 bits per heavy atom. The number of hydrogen-bond acceptors (Lipinski definition) is 5. The molecule has 0 radical (unpaired) electrons. The van der Waals surface area contributed by atoms with Crippen molar-refractivity contribution in [2.45, 2.75) is 6.54 Å². The van der Waals surface area contributed by atoms with E-state index in [9.17, 15) is 0 Å². The van der Waals surface area contributed by atoms with Gasteiger partial charge >= 0.3 is 0 Å². The van der Waals surface area contributed by atoms with Gasteiger partial charge < -0.3 is 5.32 Å². The van der Waals surface area contributed by atoms with Crippen molar-refractivity contribution in [3.63, 3.8) is 0 Å². The van der Waals surface area contributed by atoms with Crippen LogP contribution in [-0.4, -0.2) is 19.7 Å². The molecule has 1 N–H and O–H groups in total. The van der Waals surface area contributed by atoms with Crippen molar-refractivity contribution in [2.75, 3.05) is 5.32 Å². The molecule has 0 atom stereocenters. The van der Waals surface area contributed by atoms with Gasteiger partial charge in [0.2, 0.25) is 0 Å². The first-order valence-electron chi connectivity index (χ1n) is 5.59. The molecule has 0 saturated carbocycles. The summed E-state index contributed by atoms with van der Waals surface area (Å²) >= 11 is 5.14. The first-order valence-corrected chi connectivity index (χ1v) is 7.26. The molecular weight excluding hydrogens is 326 g/mol. The van der Waals surface area contributed by atoms with E-state index in [1.807, 2.05) is 12.1 Å². The first kappa shape index (κ1) is 12.3. The summed E-state index contributed by atoms with van der Waals surface area (Å²) < 4.78 is 2.77. The lowest BCUT2D eigenvalue weighted by atomic mass is 10.3. The number of nitrogens with one attached hydrogen (secondary N) is 1. The smallest absolute Gasteiger partial charge is 0.155 e. The van der Waals surface area contributed by atoms with Crippen LogP contribution in [0.1, 0.15) is 5.56 Å². The van der Waals surface area contributed by atoms with Crippen LogP contribution in [0.25, 0.3) is 5.82 Å². The van der Waals surface area contributed by atoms with Crippen LogP contribution in [0, 0.1) is 0 Å². The highest BCUT2D eigenvalue weighted by atomic mass is 79.9. The maximum atomic E-state index is 4.33. The summed E-state index contributed by atoms with van der Waals surface area (Å²) in [6.45, 7) is 0.784. The second-order valence-corrected chi connectivity index (χ2v) is 6.15. The fourth-order valence-corrected chi connectivity index (χ4v) is 2.80. The number of anilines is 1. The zero-order chi connectivity index (χ0) is 13.1. The van der Waals surface area contributed by atoms with Gasteiger partial charge in [-0.2, -0.15) is 5.10 Å².